The normalized spacial score (nSPS) is 15.0. The van der Waals surface area contributed by atoms with Gasteiger partial charge in [-0.25, -0.2) is 13.1 Å². The third-order valence-electron chi connectivity index (χ3n) is 5.22. The average Bonchev–Trinajstić information content (AvgIpc) is 3.38. The summed E-state index contributed by atoms with van der Waals surface area (Å²) in [5.41, 5.74) is 0.640. The lowest BCUT2D eigenvalue weighted by Crippen LogP contribution is -2.36. The maximum Gasteiger partial charge on any atom is 0.308 e. The highest BCUT2D eigenvalue weighted by Crippen LogP contribution is 2.22. The topological polar surface area (TPSA) is 102 Å². The van der Waals surface area contributed by atoms with Crippen LogP contribution < -0.4 is 9.60 Å². The standard InChI is InChI=1S/C20H23N3O5S2/c24-19(22-9-2-1-3-10-22)8-11-23-17-7-6-16(13-18(17)29-20(23)25)30(26,27)21-14-15-5-4-12-28-15/h4-7,12-13,21H,1-3,8-11,14H2. The molecule has 0 saturated carbocycles. The molecule has 1 fully saturated rings. The number of aryl methyl sites for hydroxylation is 1. The number of sulfonamides is 1. The predicted octanol–water partition coefficient (Wildman–Crippen LogP) is 2.54. The number of fused-ring (bicyclic) bond motifs is 1. The second-order valence-corrected chi connectivity index (χ2v) is 10.0. The van der Waals surface area contributed by atoms with E-state index in [4.69, 9.17) is 4.42 Å². The largest absolute Gasteiger partial charge is 0.468 e. The Kier molecular flexibility index (Phi) is 6.07. The highest BCUT2D eigenvalue weighted by atomic mass is 32.2. The smallest absolute Gasteiger partial charge is 0.308 e. The van der Waals surface area contributed by atoms with Crippen molar-refractivity contribution in [3.8, 4) is 0 Å². The van der Waals surface area contributed by atoms with Crippen molar-refractivity contribution in [3.63, 3.8) is 0 Å². The Bertz CT molecular complexity index is 1190. The van der Waals surface area contributed by atoms with E-state index >= 15 is 0 Å². The first kappa shape index (κ1) is 20.8. The monoisotopic (exact) mass is 449 g/mol. The van der Waals surface area contributed by atoms with Crippen molar-refractivity contribution in [2.45, 2.75) is 43.7 Å². The molecule has 30 heavy (non-hydrogen) atoms. The van der Waals surface area contributed by atoms with Gasteiger partial charge in [0.1, 0.15) is 5.76 Å². The van der Waals surface area contributed by atoms with Gasteiger partial charge in [-0.05, 0) is 49.6 Å². The number of furan rings is 1. The van der Waals surface area contributed by atoms with Crippen LogP contribution in [0.2, 0.25) is 0 Å². The first-order valence-corrected chi connectivity index (χ1v) is 12.2. The van der Waals surface area contributed by atoms with Crippen LogP contribution in [-0.2, 0) is 27.9 Å². The summed E-state index contributed by atoms with van der Waals surface area (Å²) >= 11 is 0.984. The van der Waals surface area contributed by atoms with E-state index in [1.807, 2.05) is 4.90 Å². The molecule has 0 bridgehead atoms. The first-order valence-electron chi connectivity index (χ1n) is 9.87. The molecule has 8 nitrogen and oxygen atoms in total. The molecule has 1 N–H and O–H groups in total. The predicted molar refractivity (Wildman–Crippen MR) is 114 cm³/mol. The Morgan fingerprint density at radius 2 is 1.97 bits per heavy atom. The summed E-state index contributed by atoms with van der Waals surface area (Å²) in [6, 6.07) is 7.96. The van der Waals surface area contributed by atoms with Gasteiger partial charge >= 0.3 is 4.87 Å². The Hall–Kier alpha value is -2.43. The Labute approximate surface area is 178 Å². The molecule has 3 heterocycles. The number of piperidine rings is 1. The molecule has 1 aromatic carbocycles. The fourth-order valence-corrected chi connectivity index (χ4v) is 5.65. The van der Waals surface area contributed by atoms with Crippen molar-refractivity contribution in [2.75, 3.05) is 13.1 Å². The number of hydrogen-bond acceptors (Lipinski definition) is 6. The number of hydrogen-bond donors (Lipinski definition) is 1. The van der Waals surface area contributed by atoms with Crippen LogP contribution in [0.1, 0.15) is 31.4 Å². The van der Waals surface area contributed by atoms with Crippen molar-refractivity contribution >= 4 is 37.5 Å². The molecule has 0 unspecified atom stereocenters. The van der Waals surface area contributed by atoms with Gasteiger partial charge in [-0.1, -0.05) is 11.3 Å². The van der Waals surface area contributed by atoms with E-state index in [1.165, 1.54) is 18.4 Å². The molecule has 1 aliphatic heterocycles. The molecule has 0 aliphatic carbocycles. The maximum absolute atomic E-state index is 12.6. The number of nitrogens with one attached hydrogen (secondary N) is 1. The molecule has 1 saturated heterocycles. The Balaban J connectivity index is 1.49. The van der Waals surface area contributed by atoms with E-state index in [0.717, 1.165) is 43.7 Å². The van der Waals surface area contributed by atoms with Crippen molar-refractivity contribution in [3.05, 3.63) is 52.0 Å². The van der Waals surface area contributed by atoms with Crippen LogP contribution in [0.5, 0.6) is 0 Å². The molecule has 2 aromatic heterocycles. The highest BCUT2D eigenvalue weighted by Gasteiger charge is 2.19. The molecule has 0 radical (unpaired) electrons. The number of rotatable bonds is 7. The number of carbonyl (C=O) groups is 1. The van der Waals surface area contributed by atoms with Crippen LogP contribution in [0, 0.1) is 0 Å². The highest BCUT2D eigenvalue weighted by molar-refractivity contribution is 7.89. The van der Waals surface area contributed by atoms with Crippen molar-refractivity contribution < 1.29 is 17.6 Å². The summed E-state index contributed by atoms with van der Waals surface area (Å²) < 4.78 is 34.9. The van der Waals surface area contributed by atoms with E-state index in [0.29, 0.717) is 16.0 Å². The molecule has 3 aromatic rings. The molecule has 1 amide bonds. The number of likely N-dealkylation sites (tertiary alicyclic amines) is 1. The van der Waals surface area contributed by atoms with Crippen molar-refractivity contribution in [2.24, 2.45) is 0 Å². The van der Waals surface area contributed by atoms with Gasteiger partial charge < -0.3 is 9.32 Å². The molecule has 0 spiro atoms. The zero-order valence-corrected chi connectivity index (χ0v) is 18.0. The lowest BCUT2D eigenvalue weighted by molar-refractivity contribution is -0.132. The second kappa shape index (κ2) is 8.75. The second-order valence-electron chi connectivity index (χ2n) is 7.24. The van der Waals surface area contributed by atoms with Crippen LogP contribution >= 0.6 is 11.3 Å². The van der Waals surface area contributed by atoms with Gasteiger partial charge in [0.15, 0.2) is 0 Å². The van der Waals surface area contributed by atoms with Crippen LogP contribution in [0.25, 0.3) is 10.2 Å². The van der Waals surface area contributed by atoms with E-state index in [1.54, 1.807) is 22.8 Å². The fraction of sp³-hybridized carbons (Fsp3) is 0.400. The SMILES string of the molecule is O=C(CCn1c(=O)sc2cc(S(=O)(=O)NCc3ccco3)ccc21)N1CCCCC1. The summed E-state index contributed by atoms with van der Waals surface area (Å²) in [6.45, 7) is 1.90. The number of carbonyl (C=O) groups excluding carboxylic acids is 1. The van der Waals surface area contributed by atoms with E-state index in [2.05, 4.69) is 4.72 Å². The molecule has 10 heteroatoms. The third kappa shape index (κ3) is 4.50. The van der Waals surface area contributed by atoms with Gasteiger partial charge in [0.2, 0.25) is 15.9 Å². The summed E-state index contributed by atoms with van der Waals surface area (Å²) in [6.07, 6.45) is 4.94. The third-order valence-corrected chi connectivity index (χ3v) is 7.57. The average molecular weight is 450 g/mol. The van der Waals surface area contributed by atoms with Crippen LogP contribution in [-0.4, -0.2) is 36.9 Å². The van der Waals surface area contributed by atoms with Gasteiger partial charge in [-0.2, -0.15) is 0 Å². The maximum atomic E-state index is 12.6. The minimum atomic E-state index is -3.75. The summed E-state index contributed by atoms with van der Waals surface area (Å²) in [7, 11) is -3.75. The minimum Gasteiger partial charge on any atom is -0.468 e. The minimum absolute atomic E-state index is 0.0449. The Morgan fingerprint density at radius 1 is 1.17 bits per heavy atom. The number of aromatic nitrogens is 1. The molecular weight excluding hydrogens is 426 g/mol. The van der Waals surface area contributed by atoms with Gasteiger partial charge in [0, 0.05) is 26.1 Å². The number of amides is 1. The number of thiazole rings is 1. The lowest BCUT2D eigenvalue weighted by atomic mass is 10.1. The summed E-state index contributed by atoms with van der Waals surface area (Å²) in [5.74, 6) is 0.566. The molecule has 160 valence electrons. The van der Waals surface area contributed by atoms with Gasteiger partial charge in [0.05, 0.1) is 27.9 Å². The van der Waals surface area contributed by atoms with E-state index < -0.39 is 10.0 Å². The zero-order valence-electron chi connectivity index (χ0n) is 16.4. The van der Waals surface area contributed by atoms with Crippen molar-refractivity contribution in [1.82, 2.24) is 14.2 Å². The van der Waals surface area contributed by atoms with E-state index in [-0.39, 0.29) is 35.2 Å². The van der Waals surface area contributed by atoms with Crippen LogP contribution in [0.15, 0.2) is 50.7 Å². The summed E-state index contributed by atoms with van der Waals surface area (Å²) in [5, 5.41) is 0. The Morgan fingerprint density at radius 3 is 2.70 bits per heavy atom. The number of nitrogens with zero attached hydrogens (tertiary/aromatic N) is 2. The van der Waals surface area contributed by atoms with Crippen LogP contribution in [0.3, 0.4) is 0 Å². The van der Waals surface area contributed by atoms with Gasteiger partial charge in [-0.3, -0.25) is 14.2 Å². The van der Waals surface area contributed by atoms with Crippen LogP contribution in [0.4, 0.5) is 0 Å². The lowest BCUT2D eigenvalue weighted by Gasteiger charge is -2.26. The molecule has 4 rings (SSSR count). The fourth-order valence-electron chi connectivity index (χ4n) is 3.60. The van der Waals surface area contributed by atoms with Crippen molar-refractivity contribution in [1.29, 1.82) is 0 Å². The number of benzene rings is 1. The van der Waals surface area contributed by atoms with Gasteiger partial charge in [0.25, 0.3) is 0 Å². The quantitative estimate of drug-likeness (QED) is 0.597. The first-order chi connectivity index (χ1) is 14.4. The van der Waals surface area contributed by atoms with E-state index in [9.17, 15) is 18.0 Å². The van der Waals surface area contributed by atoms with Gasteiger partial charge in [-0.15, -0.1) is 0 Å². The zero-order chi connectivity index (χ0) is 21.1. The molecule has 0 atom stereocenters. The summed E-state index contributed by atoms with van der Waals surface area (Å²) in [4.78, 5) is 26.6. The molecule has 1 aliphatic rings. The molecular formula is C20H23N3O5S2.